The Morgan fingerprint density at radius 3 is 2.57 bits per heavy atom. The van der Waals surface area contributed by atoms with Crippen molar-refractivity contribution >= 4 is 0 Å². The van der Waals surface area contributed by atoms with Crippen LogP contribution in [0.15, 0.2) is 116 Å². The average Bonchev–Trinajstić information content (AvgIpc) is 3.66. The zero-order valence-electron chi connectivity index (χ0n) is 34.8. The van der Waals surface area contributed by atoms with Crippen molar-refractivity contribution in [3.63, 3.8) is 0 Å². The highest BCUT2D eigenvalue weighted by Crippen LogP contribution is 2.65. The molecule has 3 fully saturated rings. The number of rotatable bonds is 9. The van der Waals surface area contributed by atoms with Crippen molar-refractivity contribution < 1.29 is 5.11 Å². The maximum atomic E-state index is 14.8. The van der Waals surface area contributed by atoms with Crippen molar-refractivity contribution in [3.8, 4) is 0 Å². The first kappa shape index (κ1) is 37.9. The summed E-state index contributed by atoms with van der Waals surface area (Å²) >= 11 is 0. The highest BCUT2D eigenvalue weighted by Gasteiger charge is 2.61. The summed E-state index contributed by atoms with van der Waals surface area (Å²) in [5.74, 6) is 3.90. The first-order valence-electron chi connectivity index (χ1n) is 22.2. The van der Waals surface area contributed by atoms with Gasteiger partial charge in [-0.05, 0) is 144 Å². The highest BCUT2D eigenvalue weighted by atomic mass is 16.3. The van der Waals surface area contributed by atoms with Crippen LogP contribution in [0.5, 0.6) is 0 Å². The summed E-state index contributed by atoms with van der Waals surface area (Å²) in [6.07, 6.45) is 37.6. The summed E-state index contributed by atoms with van der Waals surface area (Å²) < 4.78 is 5.08. The van der Waals surface area contributed by atoms with Gasteiger partial charge in [0.05, 0.1) is 18.2 Å². The molecule has 8 aliphatic rings. The maximum absolute atomic E-state index is 14.8. The Hall–Kier alpha value is -3.64. The summed E-state index contributed by atoms with van der Waals surface area (Å²) in [5.41, 5.74) is 7.08. The van der Waals surface area contributed by atoms with E-state index in [0.717, 1.165) is 38.5 Å². The number of hydrogen-bond acceptors (Lipinski definition) is 3. The van der Waals surface area contributed by atoms with Crippen LogP contribution in [0.3, 0.4) is 0 Å². The lowest BCUT2D eigenvalue weighted by molar-refractivity contribution is -0.0990. The second kappa shape index (κ2) is 14.0. The lowest BCUT2D eigenvalue weighted by Gasteiger charge is -2.59. The van der Waals surface area contributed by atoms with E-state index in [4.69, 9.17) is 0 Å². The standard InChI is InChI=1S/C50H65N3O3/c1-32(2)33(3)16-17-34(4)43-21-20-39-30-40(22-25-48(39,43)5)49(6)26-23-41(54)31-50(49)24-10-28-52-46(55)51(47(56)53(50)52)27-9-14-37-29-38-13-7-11-35-18-19-36-12-8-15-42(37)45(36)44(35)38/h7-8,10-11,13,15-19,24,29,32-34,39-41,43-44,54H,9,12,14,20-23,25-28,30-31H2,1-6H3/b17-16+. The predicted molar refractivity (Wildman–Crippen MR) is 227 cm³/mol. The van der Waals surface area contributed by atoms with E-state index >= 15 is 0 Å². The molecule has 1 aliphatic heterocycles. The Labute approximate surface area is 334 Å². The number of aliphatic hydroxyl groups is 1. The van der Waals surface area contributed by atoms with Crippen molar-refractivity contribution in [1.82, 2.24) is 13.9 Å². The third-order valence-electron chi connectivity index (χ3n) is 17.0. The molecule has 1 aromatic rings. The number of hydrogen-bond donors (Lipinski definition) is 1. The second-order valence-corrected chi connectivity index (χ2v) is 20.0. The van der Waals surface area contributed by atoms with Gasteiger partial charge in [0.2, 0.25) is 0 Å². The summed E-state index contributed by atoms with van der Waals surface area (Å²) in [5, 5.41) is 11.4. The molecule has 6 nitrogen and oxygen atoms in total. The zero-order chi connectivity index (χ0) is 39.1. The fraction of sp³-hybridized carbons (Fsp3) is 0.600. The van der Waals surface area contributed by atoms with E-state index in [9.17, 15) is 14.7 Å². The van der Waals surface area contributed by atoms with Gasteiger partial charge in [0, 0.05) is 18.9 Å². The van der Waals surface area contributed by atoms with Crippen LogP contribution in [0.1, 0.15) is 112 Å². The van der Waals surface area contributed by atoms with Gasteiger partial charge in [-0.3, -0.25) is 0 Å². The van der Waals surface area contributed by atoms with Crippen molar-refractivity contribution in [3.05, 3.63) is 127 Å². The summed E-state index contributed by atoms with van der Waals surface area (Å²) in [4.78, 5) is 29.1. The molecule has 6 heteroatoms. The number of aromatic nitrogens is 3. The van der Waals surface area contributed by atoms with E-state index in [2.05, 4.69) is 114 Å². The molecule has 3 saturated carbocycles. The van der Waals surface area contributed by atoms with E-state index in [1.54, 1.807) is 4.68 Å². The lowest BCUT2D eigenvalue weighted by atomic mass is 9.49. The van der Waals surface area contributed by atoms with Gasteiger partial charge in [0.25, 0.3) is 0 Å². The molecule has 1 N–H and O–H groups in total. The fourth-order valence-corrected chi connectivity index (χ4v) is 13.3. The van der Waals surface area contributed by atoms with E-state index < -0.39 is 11.6 Å². The van der Waals surface area contributed by atoms with Gasteiger partial charge >= 0.3 is 11.4 Å². The van der Waals surface area contributed by atoms with Crippen molar-refractivity contribution in [2.75, 3.05) is 0 Å². The molecule has 0 amide bonds. The van der Waals surface area contributed by atoms with Crippen molar-refractivity contribution in [2.45, 2.75) is 137 Å². The van der Waals surface area contributed by atoms with E-state index in [1.165, 1.54) is 57.3 Å². The molecule has 0 saturated heterocycles. The molecule has 56 heavy (non-hydrogen) atoms. The van der Waals surface area contributed by atoms with E-state index in [0.29, 0.717) is 72.8 Å². The first-order chi connectivity index (χ1) is 26.9. The number of allylic oxidation sites excluding steroid dienone is 18. The quantitative estimate of drug-likeness (QED) is 0.255. The molecule has 10 atom stereocenters. The molecular weight excluding hydrogens is 691 g/mol. The van der Waals surface area contributed by atoms with Gasteiger partial charge in [0.1, 0.15) is 0 Å². The van der Waals surface area contributed by atoms with Crippen LogP contribution in [0.25, 0.3) is 0 Å². The van der Waals surface area contributed by atoms with Crippen LogP contribution < -0.4 is 11.4 Å². The molecule has 10 unspecified atom stereocenters. The second-order valence-electron chi connectivity index (χ2n) is 20.0. The Morgan fingerprint density at radius 1 is 0.911 bits per heavy atom. The van der Waals surface area contributed by atoms with Crippen LogP contribution in [0.2, 0.25) is 0 Å². The van der Waals surface area contributed by atoms with Crippen LogP contribution in [0, 0.1) is 52.3 Å². The Balaban J connectivity index is 0.976. The monoisotopic (exact) mass is 756 g/mol. The Morgan fingerprint density at radius 2 is 1.75 bits per heavy atom. The molecule has 2 heterocycles. The molecule has 0 bridgehead atoms. The van der Waals surface area contributed by atoms with Gasteiger partial charge < -0.3 is 5.11 Å². The number of aliphatic hydroxyl groups excluding tert-OH is 1. The normalized spacial score (nSPS) is 36.6. The third kappa shape index (κ3) is 5.73. The minimum atomic E-state index is -0.736. The molecule has 7 aliphatic carbocycles. The van der Waals surface area contributed by atoms with E-state index in [1.807, 2.05) is 4.68 Å². The van der Waals surface area contributed by atoms with Gasteiger partial charge in [0.15, 0.2) is 0 Å². The third-order valence-corrected chi connectivity index (χ3v) is 17.0. The number of fused-ring (bicyclic) bond motifs is 3. The topological polar surface area (TPSA) is 69.2 Å². The molecule has 1 aromatic heterocycles. The molecule has 1 spiro atoms. The van der Waals surface area contributed by atoms with Gasteiger partial charge in [-0.1, -0.05) is 114 Å². The van der Waals surface area contributed by atoms with Crippen LogP contribution >= 0.6 is 0 Å². The predicted octanol–water partition coefficient (Wildman–Crippen LogP) is 9.90. The summed E-state index contributed by atoms with van der Waals surface area (Å²) in [6, 6.07) is 0. The van der Waals surface area contributed by atoms with Crippen LogP contribution in [-0.4, -0.2) is 25.1 Å². The van der Waals surface area contributed by atoms with Gasteiger partial charge in [-0.15, -0.1) is 0 Å². The van der Waals surface area contributed by atoms with E-state index in [-0.39, 0.29) is 16.8 Å². The van der Waals surface area contributed by atoms with Crippen molar-refractivity contribution in [2.24, 2.45) is 52.3 Å². The van der Waals surface area contributed by atoms with Crippen LogP contribution in [-0.2, 0) is 18.6 Å². The SMILES string of the molecule is CC(C)C(C)/C=C/C(C)C1CCC2CC(C3(C)CCC(O)CC34C=CCn3c(=O)n(CCCC5=CC6=CC=CC7=CC=C8CC=CC5=C8C76)c(=O)n34)CCC21C. The maximum Gasteiger partial charge on any atom is 0.348 e. The summed E-state index contributed by atoms with van der Waals surface area (Å²) in [7, 11) is 0. The largest absolute Gasteiger partial charge is 0.393 e. The Kier molecular flexibility index (Phi) is 9.50. The van der Waals surface area contributed by atoms with Gasteiger partial charge in [-0.25, -0.2) is 23.5 Å². The Bertz CT molecular complexity index is 2190. The minimum absolute atomic E-state index is 0.206. The summed E-state index contributed by atoms with van der Waals surface area (Å²) in [6.45, 7) is 15.2. The van der Waals surface area contributed by atoms with Gasteiger partial charge in [-0.2, -0.15) is 0 Å². The molecule has 298 valence electrons. The average molecular weight is 756 g/mol. The molecular formula is C50H65N3O3. The fourth-order valence-electron chi connectivity index (χ4n) is 13.3. The van der Waals surface area contributed by atoms with Crippen molar-refractivity contribution in [1.29, 1.82) is 0 Å². The lowest BCUT2D eigenvalue weighted by Crippen LogP contribution is -2.62. The number of nitrogens with zero attached hydrogens (tertiary/aromatic N) is 3. The molecule has 0 radical (unpaired) electrons. The highest BCUT2D eigenvalue weighted by molar-refractivity contribution is 5.69. The smallest absolute Gasteiger partial charge is 0.348 e. The zero-order valence-corrected chi connectivity index (χ0v) is 34.8. The minimum Gasteiger partial charge on any atom is -0.393 e. The van der Waals surface area contributed by atoms with Crippen LogP contribution in [0.4, 0.5) is 0 Å². The molecule has 9 rings (SSSR count). The first-order valence-corrected chi connectivity index (χ1v) is 22.2. The molecule has 0 aromatic carbocycles.